The lowest BCUT2D eigenvalue weighted by Crippen LogP contribution is -1.86. The third-order valence-electron chi connectivity index (χ3n) is 2.09. The number of thiazole rings is 1. The van der Waals surface area contributed by atoms with Gasteiger partial charge in [0, 0.05) is 19.2 Å². The Hall–Kier alpha value is -1.16. The Morgan fingerprint density at radius 1 is 1.36 bits per heavy atom. The van der Waals surface area contributed by atoms with Crippen molar-refractivity contribution < 1.29 is 0 Å². The molecule has 2 rings (SSSR count). The minimum atomic E-state index is 0.502. The normalized spacial score (nSPS) is 11.1. The van der Waals surface area contributed by atoms with Crippen molar-refractivity contribution in [1.29, 1.82) is 0 Å². The van der Waals surface area contributed by atoms with Crippen LogP contribution in [0.4, 0.5) is 0 Å². The molecule has 2 aromatic heterocycles. The van der Waals surface area contributed by atoms with Crippen LogP contribution in [0.1, 0.15) is 24.8 Å². The second-order valence-electron chi connectivity index (χ2n) is 3.61. The first-order valence-electron chi connectivity index (χ1n) is 4.61. The smallest absolute Gasteiger partial charge is 0.0957 e. The molecule has 0 aromatic carbocycles. The number of rotatable bonds is 2. The summed E-state index contributed by atoms with van der Waals surface area (Å²) in [6.45, 7) is 4.32. The molecule has 0 unspecified atom stereocenters. The first kappa shape index (κ1) is 9.40. The first-order valence-corrected chi connectivity index (χ1v) is 5.42. The topological polar surface area (TPSA) is 30.7 Å². The quantitative estimate of drug-likeness (QED) is 0.758. The third-order valence-corrected chi connectivity index (χ3v) is 3.41. The summed E-state index contributed by atoms with van der Waals surface area (Å²) in [7, 11) is 2.00. The monoisotopic (exact) mass is 207 g/mol. The molecule has 0 radical (unpaired) electrons. The predicted molar refractivity (Wildman–Crippen MR) is 58.4 cm³/mol. The molecule has 2 heterocycles. The standard InChI is InChI=1S/C10H13N3S/c1-7(2)10-12-5-9(14-10)8-4-11-6-13(8)3/h4-7H,1-3H3. The van der Waals surface area contributed by atoms with Gasteiger partial charge in [0.05, 0.1) is 28.1 Å². The van der Waals surface area contributed by atoms with Gasteiger partial charge in [-0.3, -0.25) is 0 Å². The van der Waals surface area contributed by atoms with E-state index in [9.17, 15) is 0 Å². The van der Waals surface area contributed by atoms with Gasteiger partial charge in [0.15, 0.2) is 0 Å². The highest BCUT2D eigenvalue weighted by atomic mass is 32.1. The van der Waals surface area contributed by atoms with Crippen molar-refractivity contribution in [2.45, 2.75) is 19.8 Å². The maximum Gasteiger partial charge on any atom is 0.0957 e. The molecule has 74 valence electrons. The lowest BCUT2D eigenvalue weighted by molar-refractivity contribution is 0.852. The van der Waals surface area contributed by atoms with E-state index in [1.54, 1.807) is 11.3 Å². The molecule has 0 aliphatic carbocycles. The van der Waals surface area contributed by atoms with Gasteiger partial charge in [-0.1, -0.05) is 13.8 Å². The van der Waals surface area contributed by atoms with Gasteiger partial charge in [0.1, 0.15) is 0 Å². The second kappa shape index (κ2) is 3.53. The van der Waals surface area contributed by atoms with E-state index in [0.717, 1.165) is 5.69 Å². The fourth-order valence-corrected chi connectivity index (χ4v) is 2.24. The summed E-state index contributed by atoms with van der Waals surface area (Å²) >= 11 is 1.74. The average molecular weight is 207 g/mol. The van der Waals surface area contributed by atoms with Crippen LogP contribution in [0, 0.1) is 0 Å². The SMILES string of the molecule is CC(C)c1ncc(-c2cncn2C)s1. The van der Waals surface area contributed by atoms with E-state index in [1.807, 2.05) is 30.3 Å². The fraction of sp³-hybridized carbons (Fsp3) is 0.400. The number of imidazole rings is 1. The van der Waals surface area contributed by atoms with Crippen molar-refractivity contribution in [3.63, 3.8) is 0 Å². The highest BCUT2D eigenvalue weighted by molar-refractivity contribution is 7.15. The first-order chi connectivity index (χ1) is 6.68. The molecular formula is C10H13N3S. The maximum atomic E-state index is 4.39. The Morgan fingerprint density at radius 2 is 2.14 bits per heavy atom. The molecule has 14 heavy (non-hydrogen) atoms. The Labute approximate surface area is 87.4 Å². The minimum Gasteiger partial charge on any atom is -0.333 e. The molecular weight excluding hydrogens is 194 g/mol. The minimum absolute atomic E-state index is 0.502. The molecule has 4 heteroatoms. The summed E-state index contributed by atoms with van der Waals surface area (Å²) in [5, 5.41) is 1.18. The molecule has 0 N–H and O–H groups in total. The molecule has 3 nitrogen and oxygen atoms in total. The van der Waals surface area contributed by atoms with Gasteiger partial charge in [0.25, 0.3) is 0 Å². The van der Waals surface area contributed by atoms with E-state index in [-0.39, 0.29) is 0 Å². The van der Waals surface area contributed by atoms with Gasteiger partial charge in [0.2, 0.25) is 0 Å². The highest BCUT2D eigenvalue weighted by Gasteiger charge is 2.09. The fourth-order valence-electron chi connectivity index (χ4n) is 1.27. The lowest BCUT2D eigenvalue weighted by atomic mass is 10.2. The predicted octanol–water partition coefficient (Wildman–Crippen LogP) is 2.67. The number of aromatic nitrogens is 3. The Morgan fingerprint density at radius 3 is 2.64 bits per heavy atom. The number of aryl methyl sites for hydroxylation is 1. The largest absolute Gasteiger partial charge is 0.333 e. The summed E-state index contributed by atoms with van der Waals surface area (Å²) in [5.41, 5.74) is 1.13. The maximum absolute atomic E-state index is 4.39. The van der Waals surface area contributed by atoms with Crippen LogP contribution in [0.25, 0.3) is 10.6 Å². The van der Waals surface area contributed by atoms with Crippen molar-refractivity contribution in [1.82, 2.24) is 14.5 Å². The summed E-state index contributed by atoms with van der Waals surface area (Å²) in [6.07, 6.45) is 5.61. The molecule has 0 saturated carbocycles. The van der Waals surface area contributed by atoms with Gasteiger partial charge in [-0.05, 0) is 0 Å². The molecule has 0 aliphatic rings. The molecule has 2 aromatic rings. The second-order valence-corrected chi connectivity index (χ2v) is 4.67. The number of nitrogens with zero attached hydrogens (tertiary/aromatic N) is 3. The Bertz CT molecular complexity index is 428. The highest BCUT2D eigenvalue weighted by Crippen LogP contribution is 2.28. The summed E-state index contributed by atoms with van der Waals surface area (Å²) in [5.74, 6) is 0.502. The van der Waals surface area contributed by atoms with Crippen LogP contribution in [-0.4, -0.2) is 14.5 Å². The molecule has 0 amide bonds. The van der Waals surface area contributed by atoms with Crippen LogP contribution in [0.5, 0.6) is 0 Å². The van der Waals surface area contributed by atoms with E-state index < -0.39 is 0 Å². The van der Waals surface area contributed by atoms with E-state index in [0.29, 0.717) is 5.92 Å². The zero-order chi connectivity index (χ0) is 10.1. The zero-order valence-corrected chi connectivity index (χ0v) is 9.38. The summed E-state index contributed by atoms with van der Waals surface area (Å²) in [6, 6.07) is 0. The van der Waals surface area contributed by atoms with E-state index >= 15 is 0 Å². The van der Waals surface area contributed by atoms with Crippen molar-refractivity contribution in [3.05, 3.63) is 23.7 Å². The Kier molecular flexibility index (Phi) is 2.37. The van der Waals surface area contributed by atoms with E-state index in [1.165, 1.54) is 9.88 Å². The number of hydrogen-bond acceptors (Lipinski definition) is 3. The molecule has 0 fully saturated rings. The molecule has 0 aliphatic heterocycles. The molecule has 0 bridgehead atoms. The van der Waals surface area contributed by atoms with Crippen LogP contribution in [-0.2, 0) is 7.05 Å². The van der Waals surface area contributed by atoms with Crippen LogP contribution in [0.3, 0.4) is 0 Å². The molecule has 0 saturated heterocycles. The van der Waals surface area contributed by atoms with Gasteiger partial charge >= 0.3 is 0 Å². The zero-order valence-electron chi connectivity index (χ0n) is 8.56. The van der Waals surface area contributed by atoms with Crippen molar-refractivity contribution in [2.75, 3.05) is 0 Å². The third kappa shape index (κ3) is 1.57. The van der Waals surface area contributed by atoms with Gasteiger partial charge < -0.3 is 4.57 Å². The van der Waals surface area contributed by atoms with Crippen LogP contribution in [0.15, 0.2) is 18.7 Å². The van der Waals surface area contributed by atoms with Crippen molar-refractivity contribution in [2.24, 2.45) is 7.05 Å². The van der Waals surface area contributed by atoms with E-state index in [4.69, 9.17) is 0 Å². The van der Waals surface area contributed by atoms with Crippen LogP contribution >= 0.6 is 11.3 Å². The molecule has 0 atom stereocenters. The van der Waals surface area contributed by atoms with E-state index in [2.05, 4.69) is 23.8 Å². The number of hydrogen-bond donors (Lipinski definition) is 0. The molecule has 0 spiro atoms. The van der Waals surface area contributed by atoms with Crippen LogP contribution < -0.4 is 0 Å². The van der Waals surface area contributed by atoms with Crippen molar-refractivity contribution >= 4 is 11.3 Å². The van der Waals surface area contributed by atoms with Crippen LogP contribution in [0.2, 0.25) is 0 Å². The van der Waals surface area contributed by atoms with Gasteiger partial charge in [-0.2, -0.15) is 0 Å². The summed E-state index contributed by atoms with van der Waals surface area (Å²) < 4.78 is 2.01. The van der Waals surface area contributed by atoms with Gasteiger partial charge in [-0.25, -0.2) is 9.97 Å². The van der Waals surface area contributed by atoms with Gasteiger partial charge in [-0.15, -0.1) is 11.3 Å². The van der Waals surface area contributed by atoms with Crippen molar-refractivity contribution in [3.8, 4) is 10.6 Å². The average Bonchev–Trinajstić information content (AvgIpc) is 2.71. The summed E-state index contributed by atoms with van der Waals surface area (Å²) in [4.78, 5) is 9.67. The lowest BCUT2D eigenvalue weighted by Gasteiger charge is -1.97. The Balaban J connectivity index is 2.39.